The molecule has 0 aliphatic rings. The lowest BCUT2D eigenvalue weighted by atomic mass is 10.0. The highest BCUT2D eigenvalue weighted by Gasteiger charge is 2.16. The first-order valence-corrected chi connectivity index (χ1v) is 7.77. The lowest BCUT2D eigenvalue weighted by Crippen LogP contribution is -2.45. The molecule has 7 nitrogen and oxygen atoms in total. The monoisotopic (exact) mass is 323 g/mol. The molecule has 1 atom stereocenters. The number of nitrogens with zero attached hydrogens (tertiary/aromatic N) is 1. The molecule has 0 aliphatic carbocycles. The van der Waals surface area contributed by atoms with Crippen LogP contribution in [0, 0.1) is 5.92 Å². The van der Waals surface area contributed by atoms with E-state index >= 15 is 0 Å². The van der Waals surface area contributed by atoms with Crippen molar-refractivity contribution in [2.75, 3.05) is 13.2 Å². The minimum atomic E-state index is -0.494. The fourth-order valence-corrected chi connectivity index (χ4v) is 2.14. The molecule has 2 amide bonds. The third-order valence-electron chi connectivity index (χ3n) is 3.11. The largest absolute Gasteiger partial charge is 0.450 e. The smallest absolute Gasteiger partial charge is 0.407 e. The van der Waals surface area contributed by atoms with Gasteiger partial charge in [-0.2, -0.15) is 0 Å². The number of carbonyl (C=O) groups excluding carboxylic acids is 2. The van der Waals surface area contributed by atoms with Crippen LogP contribution in [0.5, 0.6) is 0 Å². The summed E-state index contributed by atoms with van der Waals surface area (Å²) < 4.78 is 6.19. The van der Waals surface area contributed by atoms with E-state index in [4.69, 9.17) is 4.74 Å². The Morgan fingerprint density at radius 2 is 2.04 bits per heavy atom. The molecule has 128 valence electrons. The third kappa shape index (κ3) is 7.49. The van der Waals surface area contributed by atoms with E-state index in [2.05, 4.69) is 10.6 Å². The van der Waals surface area contributed by atoms with Gasteiger partial charge in [-0.1, -0.05) is 19.9 Å². The summed E-state index contributed by atoms with van der Waals surface area (Å²) in [4.78, 5) is 35.0. The highest BCUT2D eigenvalue weighted by molar-refractivity contribution is 5.75. The van der Waals surface area contributed by atoms with E-state index < -0.39 is 6.09 Å². The van der Waals surface area contributed by atoms with Gasteiger partial charge in [-0.05, 0) is 25.3 Å². The Balaban J connectivity index is 2.52. The van der Waals surface area contributed by atoms with Crippen molar-refractivity contribution in [3.63, 3.8) is 0 Å². The van der Waals surface area contributed by atoms with Crippen molar-refractivity contribution in [3.05, 3.63) is 34.7 Å². The van der Waals surface area contributed by atoms with Crippen LogP contribution in [0.25, 0.3) is 0 Å². The van der Waals surface area contributed by atoms with Gasteiger partial charge in [0.15, 0.2) is 0 Å². The molecular formula is C16H25N3O4. The van der Waals surface area contributed by atoms with Gasteiger partial charge in [0.2, 0.25) is 5.91 Å². The zero-order chi connectivity index (χ0) is 17.2. The number of hydrogen-bond acceptors (Lipinski definition) is 4. The Hall–Kier alpha value is -2.31. The van der Waals surface area contributed by atoms with Gasteiger partial charge in [0.1, 0.15) is 6.54 Å². The number of pyridine rings is 1. The molecule has 7 heteroatoms. The fraction of sp³-hybridized carbons (Fsp3) is 0.562. The SMILES string of the molecule is CCOC(=O)N[C@H](CNC(=O)Cn1ccccc1=O)CC(C)C. The van der Waals surface area contributed by atoms with E-state index in [0.29, 0.717) is 18.9 Å². The maximum Gasteiger partial charge on any atom is 0.407 e. The Bertz CT molecular complexity index is 568. The highest BCUT2D eigenvalue weighted by Crippen LogP contribution is 2.04. The second kappa shape index (κ2) is 9.66. The van der Waals surface area contributed by atoms with Crippen LogP contribution < -0.4 is 16.2 Å². The van der Waals surface area contributed by atoms with Crippen molar-refractivity contribution in [1.29, 1.82) is 0 Å². The van der Waals surface area contributed by atoms with Gasteiger partial charge in [-0.25, -0.2) is 4.79 Å². The van der Waals surface area contributed by atoms with E-state index in [9.17, 15) is 14.4 Å². The van der Waals surface area contributed by atoms with Crippen LogP contribution >= 0.6 is 0 Å². The molecule has 1 aromatic rings. The standard InChI is InChI=1S/C16H25N3O4/c1-4-23-16(22)18-13(9-12(2)3)10-17-14(20)11-19-8-6-5-7-15(19)21/h5-8,12-13H,4,9-11H2,1-3H3,(H,17,20)(H,18,22)/t13-/m0/s1. The van der Waals surface area contributed by atoms with Crippen molar-refractivity contribution in [3.8, 4) is 0 Å². The molecule has 0 spiro atoms. The maximum absolute atomic E-state index is 12.0. The number of alkyl carbamates (subject to hydrolysis) is 1. The first-order chi connectivity index (χ1) is 10.9. The Morgan fingerprint density at radius 1 is 1.30 bits per heavy atom. The van der Waals surface area contributed by atoms with Crippen LogP contribution in [0.4, 0.5) is 4.79 Å². The van der Waals surface area contributed by atoms with Crippen LogP contribution in [0.15, 0.2) is 29.2 Å². The summed E-state index contributed by atoms with van der Waals surface area (Å²) in [5.74, 6) is 0.0771. The molecule has 2 N–H and O–H groups in total. The van der Waals surface area contributed by atoms with E-state index in [1.807, 2.05) is 13.8 Å². The number of nitrogens with one attached hydrogen (secondary N) is 2. The summed E-state index contributed by atoms with van der Waals surface area (Å²) in [6.45, 7) is 6.33. The molecule has 0 bridgehead atoms. The molecule has 0 fully saturated rings. The first kappa shape index (κ1) is 18.7. The lowest BCUT2D eigenvalue weighted by molar-refractivity contribution is -0.121. The summed E-state index contributed by atoms with van der Waals surface area (Å²) in [6.07, 6.45) is 1.78. The zero-order valence-corrected chi connectivity index (χ0v) is 13.9. The van der Waals surface area contributed by atoms with Crippen LogP contribution in [0.3, 0.4) is 0 Å². The first-order valence-electron chi connectivity index (χ1n) is 7.77. The molecule has 0 aliphatic heterocycles. The topological polar surface area (TPSA) is 89.4 Å². The molecule has 1 rings (SSSR count). The summed E-state index contributed by atoms with van der Waals surface area (Å²) >= 11 is 0. The number of rotatable bonds is 8. The predicted molar refractivity (Wildman–Crippen MR) is 87.1 cm³/mol. The van der Waals surface area contributed by atoms with E-state index in [0.717, 1.165) is 0 Å². The van der Waals surface area contributed by atoms with Crippen LogP contribution in [-0.2, 0) is 16.1 Å². The third-order valence-corrected chi connectivity index (χ3v) is 3.11. The second-order valence-electron chi connectivity index (χ2n) is 5.66. The number of aromatic nitrogens is 1. The molecule has 1 heterocycles. The predicted octanol–water partition coefficient (Wildman–Crippen LogP) is 1.13. The van der Waals surface area contributed by atoms with Crippen molar-refractivity contribution in [1.82, 2.24) is 15.2 Å². The molecule has 0 unspecified atom stereocenters. The average Bonchev–Trinajstić information content (AvgIpc) is 2.47. The molecule has 23 heavy (non-hydrogen) atoms. The summed E-state index contributed by atoms with van der Waals surface area (Å²) in [5.41, 5.74) is -0.231. The van der Waals surface area contributed by atoms with E-state index in [-0.39, 0.29) is 30.6 Å². The van der Waals surface area contributed by atoms with Gasteiger partial charge in [-0.3, -0.25) is 9.59 Å². The zero-order valence-electron chi connectivity index (χ0n) is 13.9. The molecule has 0 radical (unpaired) electrons. The van der Waals surface area contributed by atoms with Gasteiger partial charge < -0.3 is 19.9 Å². The molecule has 0 saturated heterocycles. The molecule has 1 aromatic heterocycles. The van der Waals surface area contributed by atoms with Crippen LogP contribution in [0.2, 0.25) is 0 Å². The lowest BCUT2D eigenvalue weighted by Gasteiger charge is -2.20. The van der Waals surface area contributed by atoms with Crippen molar-refractivity contribution in [2.45, 2.75) is 39.8 Å². The van der Waals surface area contributed by atoms with Gasteiger partial charge in [0, 0.05) is 24.8 Å². The maximum atomic E-state index is 12.0. The average molecular weight is 323 g/mol. The molecule has 0 saturated carbocycles. The van der Waals surface area contributed by atoms with E-state index in [1.165, 1.54) is 10.6 Å². The molecular weight excluding hydrogens is 298 g/mol. The number of carbonyl (C=O) groups is 2. The number of hydrogen-bond donors (Lipinski definition) is 2. The van der Waals surface area contributed by atoms with Crippen LogP contribution in [-0.4, -0.2) is 35.8 Å². The Morgan fingerprint density at radius 3 is 2.65 bits per heavy atom. The number of ether oxygens (including phenoxy) is 1. The second-order valence-corrected chi connectivity index (χ2v) is 5.66. The quantitative estimate of drug-likeness (QED) is 0.750. The van der Waals surface area contributed by atoms with Gasteiger partial charge in [0.05, 0.1) is 6.61 Å². The van der Waals surface area contributed by atoms with Crippen molar-refractivity contribution in [2.24, 2.45) is 5.92 Å². The van der Waals surface area contributed by atoms with Crippen LogP contribution in [0.1, 0.15) is 27.2 Å². The minimum absolute atomic E-state index is 0.0481. The fourth-order valence-electron chi connectivity index (χ4n) is 2.14. The summed E-state index contributed by atoms with van der Waals surface area (Å²) in [7, 11) is 0. The normalized spacial score (nSPS) is 11.8. The molecule has 0 aromatic carbocycles. The summed E-state index contributed by atoms with van der Waals surface area (Å²) in [6, 6.07) is 4.50. The highest BCUT2D eigenvalue weighted by atomic mass is 16.5. The minimum Gasteiger partial charge on any atom is -0.450 e. The van der Waals surface area contributed by atoms with Crippen molar-refractivity contribution < 1.29 is 14.3 Å². The van der Waals surface area contributed by atoms with Gasteiger partial charge >= 0.3 is 6.09 Å². The Kier molecular flexibility index (Phi) is 7.87. The van der Waals surface area contributed by atoms with Crippen molar-refractivity contribution >= 4 is 12.0 Å². The number of amides is 2. The van der Waals surface area contributed by atoms with Gasteiger partial charge in [0.25, 0.3) is 5.56 Å². The van der Waals surface area contributed by atoms with Gasteiger partial charge in [-0.15, -0.1) is 0 Å². The summed E-state index contributed by atoms with van der Waals surface area (Å²) in [5, 5.41) is 5.48. The Labute approximate surface area is 136 Å². The van der Waals surface area contributed by atoms with E-state index in [1.54, 1.807) is 25.3 Å².